The molecule has 0 spiro atoms. The molecule has 15 N–H and O–H groups in total. The first-order chi connectivity index (χ1) is 26.0. The lowest BCUT2D eigenvalue weighted by molar-refractivity contribution is 0.296. The van der Waals surface area contributed by atoms with E-state index < -0.39 is 0 Å². The molecule has 54 heavy (non-hydrogen) atoms. The van der Waals surface area contributed by atoms with Crippen LogP contribution in [0.3, 0.4) is 0 Å². The molecule has 0 radical (unpaired) electrons. The minimum absolute atomic E-state index is 0.0534. The van der Waals surface area contributed by atoms with Crippen LogP contribution in [0.4, 0.5) is 0 Å². The van der Waals surface area contributed by atoms with Gasteiger partial charge in [-0.1, -0.05) is 30.8 Å². The Bertz CT molecular complexity index is 1870. The second kappa shape index (κ2) is 21.1. The number of nitrogens with zero attached hydrogens (tertiary/aromatic N) is 3. The van der Waals surface area contributed by atoms with Crippen LogP contribution in [0.2, 0.25) is 0 Å². The number of hydrogen-bond acceptors (Lipinski definition) is 9. The van der Waals surface area contributed by atoms with Crippen molar-refractivity contribution in [3.05, 3.63) is 85.2 Å². The third kappa shape index (κ3) is 14.3. The standard InChI is InChI=1S/C39H53N11O4/c1-26(40)47-10-2-14-51-33-20-31(21-34(24-33)52-15-3-11-48-37(41)42)28-8-6-27-7-9-29(19-30(27)18-28)32-22-35(53-16-4-12-49-38(43)44)25-36(23-32)54-17-5-13-50-39(45)46/h6-9,18-25,47H,1-5,10-17,40H2,(H4,41,42,48)(H4,43,44,49)(H4,45,46,50). The fraction of sp³-hybridized carbons (Fsp3) is 0.308. The van der Waals surface area contributed by atoms with Crippen molar-refractivity contribution in [1.29, 1.82) is 0 Å². The van der Waals surface area contributed by atoms with Crippen LogP contribution < -0.4 is 64.4 Å². The Morgan fingerprint density at radius 3 is 1.19 bits per heavy atom. The van der Waals surface area contributed by atoms with E-state index in [2.05, 4.69) is 63.3 Å². The van der Waals surface area contributed by atoms with Gasteiger partial charge in [0.1, 0.15) is 23.0 Å². The van der Waals surface area contributed by atoms with Crippen molar-refractivity contribution in [3.63, 3.8) is 0 Å². The van der Waals surface area contributed by atoms with E-state index in [0.717, 1.165) is 39.4 Å². The zero-order chi connectivity index (χ0) is 38.7. The average Bonchev–Trinajstić information content (AvgIpc) is 3.13. The topological polar surface area (TPSA) is 268 Å². The van der Waals surface area contributed by atoms with Gasteiger partial charge in [-0.05, 0) is 75.8 Å². The normalized spacial score (nSPS) is 10.6. The van der Waals surface area contributed by atoms with Gasteiger partial charge in [0.2, 0.25) is 0 Å². The lowest BCUT2D eigenvalue weighted by atomic mass is 9.97. The van der Waals surface area contributed by atoms with E-state index in [1.807, 2.05) is 36.4 Å². The summed E-state index contributed by atoms with van der Waals surface area (Å²) in [4.78, 5) is 12.1. The maximum Gasteiger partial charge on any atom is 0.185 e. The van der Waals surface area contributed by atoms with Gasteiger partial charge < -0.3 is 64.4 Å². The predicted molar refractivity (Wildman–Crippen MR) is 219 cm³/mol. The van der Waals surface area contributed by atoms with Gasteiger partial charge in [0.25, 0.3) is 0 Å². The second-order valence-corrected chi connectivity index (χ2v) is 12.3. The molecule has 0 amide bonds. The van der Waals surface area contributed by atoms with Crippen LogP contribution in [0.25, 0.3) is 33.0 Å². The molecule has 0 bridgehead atoms. The molecule has 4 aromatic rings. The molecule has 0 aliphatic rings. The fourth-order valence-electron chi connectivity index (χ4n) is 5.32. The summed E-state index contributed by atoms with van der Waals surface area (Å²) in [5.74, 6) is 3.28. The highest BCUT2D eigenvalue weighted by Crippen LogP contribution is 2.35. The van der Waals surface area contributed by atoms with Crippen LogP contribution in [0.15, 0.2) is 100 Å². The number of aliphatic imine (C=N–C) groups is 3. The summed E-state index contributed by atoms with van der Waals surface area (Å²) in [7, 11) is 0. The first-order valence-electron chi connectivity index (χ1n) is 17.8. The van der Waals surface area contributed by atoms with Crippen LogP contribution in [-0.2, 0) is 0 Å². The van der Waals surface area contributed by atoms with Crippen molar-refractivity contribution in [3.8, 4) is 45.3 Å². The lowest BCUT2D eigenvalue weighted by Crippen LogP contribution is -2.23. The van der Waals surface area contributed by atoms with Gasteiger partial charge in [-0.3, -0.25) is 15.0 Å². The van der Waals surface area contributed by atoms with Gasteiger partial charge in [0.15, 0.2) is 17.9 Å². The summed E-state index contributed by atoms with van der Waals surface area (Å²) in [6.45, 7) is 7.49. The zero-order valence-electron chi connectivity index (χ0n) is 30.6. The third-order valence-electron chi connectivity index (χ3n) is 7.81. The molecular formula is C39H53N11O4. The highest BCUT2D eigenvalue weighted by Gasteiger charge is 2.11. The van der Waals surface area contributed by atoms with E-state index in [1.54, 1.807) is 0 Å². The number of guanidine groups is 3. The van der Waals surface area contributed by atoms with Crippen LogP contribution in [0.1, 0.15) is 25.7 Å². The quantitative estimate of drug-likeness (QED) is 0.0310. The fourth-order valence-corrected chi connectivity index (χ4v) is 5.32. The van der Waals surface area contributed by atoms with E-state index >= 15 is 0 Å². The van der Waals surface area contributed by atoms with E-state index in [9.17, 15) is 0 Å². The largest absolute Gasteiger partial charge is 0.493 e. The molecule has 288 valence electrons. The number of ether oxygens (including phenoxy) is 4. The first-order valence-corrected chi connectivity index (χ1v) is 17.8. The third-order valence-corrected chi connectivity index (χ3v) is 7.81. The molecular weight excluding hydrogens is 687 g/mol. The highest BCUT2D eigenvalue weighted by molar-refractivity contribution is 5.91. The van der Waals surface area contributed by atoms with Crippen molar-refractivity contribution in [2.45, 2.75) is 25.7 Å². The smallest absolute Gasteiger partial charge is 0.185 e. The monoisotopic (exact) mass is 739 g/mol. The maximum absolute atomic E-state index is 6.14. The Hall–Kier alpha value is -6.51. The SMILES string of the molecule is C=C(N)NCCCOc1cc(OCCCN=C(N)N)cc(-c2ccc3ccc(-c4cc(OCCCN=C(N)N)cc(OCCCN=C(N)N)c4)cc3c2)c1. The minimum atomic E-state index is 0.0534. The Balaban J connectivity index is 1.60. The summed E-state index contributed by atoms with van der Waals surface area (Å²) in [6, 6.07) is 24.4. The van der Waals surface area contributed by atoms with Gasteiger partial charge in [-0.2, -0.15) is 0 Å². The molecule has 4 aromatic carbocycles. The molecule has 4 rings (SSSR count). The first kappa shape index (κ1) is 40.3. The number of nitrogens with two attached hydrogens (primary N) is 7. The minimum Gasteiger partial charge on any atom is -0.493 e. The molecule has 0 fully saturated rings. The second-order valence-electron chi connectivity index (χ2n) is 12.3. The molecule has 0 aliphatic carbocycles. The number of rotatable bonds is 23. The number of fused-ring (bicyclic) bond motifs is 1. The molecule has 15 nitrogen and oxygen atoms in total. The van der Waals surface area contributed by atoms with Crippen molar-refractivity contribution in [1.82, 2.24) is 5.32 Å². The molecule has 0 aromatic heterocycles. The van der Waals surface area contributed by atoms with E-state index in [4.69, 9.17) is 59.1 Å². The summed E-state index contributed by atoms with van der Waals surface area (Å²) >= 11 is 0. The average molecular weight is 740 g/mol. The van der Waals surface area contributed by atoms with Crippen molar-refractivity contribution in [2.75, 3.05) is 52.6 Å². The van der Waals surface area contributed by atoms with Crippen molar-refractivity contribution in [2.24, 2.45) is 55.1 Å². The summed E-state index contributed by atoms with van der Waals surface area (Å²) in [6.07, 6.45) is 2.69. The van der Waals surface area contributed by atoms with E-state index in [1.165, 1.54) is 0 Å². The van der Waals surface area contributed by atoms with Crippen molar-refractivity contribution < 1.29 is 18.9 Å². The molecule has 15 heteroatoms. The number of nitrogens with one attached hydrogen (secondary N) is 1. The van der Waals surface area contributed by atoms with Gasteiger partial charge in [-0.15, -0.1) is 0 Å². The summed E-state index contributed by atoms with van der Waals surface area (Å²) in [5, 5.41) is 5.15. The molecule has 0 saturated heterocycles. The molecule has 0 aliphatic heterocycles. The summed E-state index contributed by atoms with van der Waals surface area (Å²) < 4.78 is 24.4. The molecule has 0 heterocycles. The van der Waals surface area contributed by atoms with E-state index in [0.29, 0.717) is 101 Å². The van der Waals surface area contributed by atoms with Crippen LogP contribution >= 0.6 is 0 Å². The Morgan fingerprint density at radius 2 is 0.833 bits per heavy atom. The van der Waals surface area contributed by atoms with Crippen LogP contribution in [0, 0.1) is 0 Å². The predicted octanol–water partition coefficient (Wildman–Crippen LogP) is 3.09. The molecule has 0 saturated carbocycles. The van der Waals surface area contributed by atoms with E-state index in [-0.39, 0.29) is 17.9 Å². The van der Waals surface area contributed by atoms with Crippen LogP contribution in [0.5, 0.6) is 23.0 Å². The van der Waals surface area contributed by atoms with Crippen LogP contribution in [-0.4, -0.2) is 70.5 Å². The van der Waals surface area contributed by atoms with Gasteiger partial charge in [-0.25, -0.2) is 0 Å². The van der Waals surface area contributed by atoms with Crippen molar-refractivity contribution >= 4 is 28.7 Å². The lowest BCUT2D eigenvalue weighted by Gasteiger charge is -2.14. The molecule has 0 atom stereocenters. The Labute approximate surface area is 316 Å². The van der Waals surface area contributed by atoms with Gasteiger partial charge in [0.05, 0.1) is 32.2 Å². The highest BCUT2D eigenvalue weighted by atomic mass is 16.5. The molecule has 0 unspecified atom stereocenters. The zero-order valence-corrected chi connectivity index (χ0v) is 30.6. The number of hydrogen-bond donors (Lipinski definition) is 8. The maximum atomic E-state index is 6.14. The number of benzene rings is 4. The van der Waals surface area contributed by atoms with Gasteiger partial charge >= 0.3 is 0 Å². The Morgan fingerprint density at radius 1 is 0.463 bits per heavy atom. The van der Waals surface area contributed by atoms with Gasteiger partial charge in [0, 0.05) is 57.6 Å². The summed E-state index contributed by atoms with van der Waals surface area (Å²) in [5.41, 5.74) is 42.2. The Kier molecular flexibility index (Phi) is 15.7.